The van der Waals surface area contributed by atoms with Crippen LogP contribution in [0.4, 0.5) is 21.5 Å². The van der Waals surface area contributed by atoms with Crippen molar-refractivity contribution in [2.75, 3.05) is 10.6 Å². The van der Waals surface area contributed by atoms with E-state index in [0.717, 1.165) is 4.47 Å². The highest BCUT2D eigenvalue weighted by atomic mass is 79.9. The first-order valence-corrected chi connectivity index (χ1v) is 11.9. The molecule has 5 rings (SSSR count). The summed E-state index contributed by atoms with van der Waals surface area (Å²) >= 11 is 3.45. The molecule has 180 valence electrons. The van der Waals surface area contributed by atoms with Crippen LogP contribution in [0.2, 0.25) is 0 Å². The Bertz CT molecular complexity index is 1550. The van der Waals surface area contributed by atoms with Crippen LogP contribution in [0.1, 0.15) is 5.56 Å². The molecule has 2 N–H and O–H groups in total. The molecule has 3 aromatic carbocycles. The number of halogens is 2. The standard InChI is InChI=1S/C28H18BrFN6O/c29-19-5-4-6-21(13-19)36-28(24-14-26(30)33-15-25(24)34-18-27(28,16-31)17-32)35-20-9-11-23(12-10-20)37-22-7-2-1-3-8-22/h1-15,18,35-36H. The molecule has 37 heavy (non-hydrogen) atoms. The number of rotatable bonds is 6. The number of benzene rings is 3. The summed E-state index contributed by atoms with van der Waals surface area (Å²) in [4.78, 5) is 7.99. The summed E-state index contributed by atoms with van der Waals surface area (Å²) in [6.45, 7) is 0. The Kier molecular flexibility index (Phi) is 6.31. The molecule has 1 aromatic heterocycles. The first kappa shape index (κ1) is 24.0. The number of pyridine rings is 1. The van der Waals surface area contributed by atoms with Gasteiger partial charge in [-0.05, 0) is 54.6 Å². The third-order valence-corrected chi connectivity index (χ3v) is 6.41. The monoisotopic (exact) mass is 552 g/mol. The van der Waals surface area contributed by atoms with Gasteiger partial charge in [0, 0.05) is 33.7 Å². The Morgan fingerprint density at radius 2 is 1.54 bits per heavy atom. The summed E-state index contributed by atoms with van der Waals surface area (Å²) in [5, 5.41) is 27.2. The number of aliphatic imine (C=N–C) groups is 1. The Balaban J connectivity index is 1.63. The average molecular weight is 553 g/mol. The van der Waals surface area contributed by atoms with E-state index in [4.69, 9.17) is 4.74 Å². The molecule has 0 saturated carbocycles. The van der Waals surface area contributed by atoms with Crippen LogP contribution in [0.3, 0.4) is 0 Å². The predicted octanol–water partition coefficient (Wildman–Crippen LogP) is 6.90. The van der Waals surface area contributed by atoms with E-state index >= 15 is 0 Å². The maximum atomic E-state index is 14.5. The normalized spacial score (nSPS) is 17.1. The van der Waals surface area contributed by atoms with Crippen molar-refractivity contribution in [3.8, 4) is 23.6 Å². The number of hydrogen-bond donors (Lipinski definition) is 2. The minimum atomic E-state index is -1.87. The Hall–Kier alpha value is -4.73. The molecular weight excluding hydrogens is 535 g/mol. The molecule has 0 spiro atoms. The quantitative estimate of drug-likeness (QED) is 0.199. The first-order chi connectivity index (χ1) is 18.0. The van der Waals surface area contributed by atoms with Crippen molar-refractivity contribution in [1.82, 2.24) is 4.98 Å². The summed E-state index contributed by atoms with van der Waals surface area (Å²) in [7, 11) is 0. The van der Waals surface area contributed by atoms with E-state index in [2.05, 4.69) is 48.7 Å². The van der Waals surface area contributed by atoms with Gasteiger partial charge in [0.2, 0.25) is 11.4 Å². The van der Waals surface area contributed by atoms with Crippen molar-refractivity contribution in [2.45, 2.75) is 5.66 Å². The van der Waals surface area contributed by atoms with Crippen molar-refractivity contribution in [3.63, 3.8) is 0 Å². The Labute approximate surface area is 221 Å². The lowest BCUT2D eigenvalue weighted by Crippen LogP contribution is -2.58. The summed E-state index contributed by atoms with van der Waals surface area (Å²) in [6, 6.07) is 29.0. The molecule has 4 aromatic rings. The van der Waals surface area contributed by atoms with E-state index in [1.54, 1.807) is 42.5 Å². The molecule has 0 amide bonds. The fraction of sp³-hybridized carbons (Fsp3) is 0.0714. The zero-order valence-electron chi connectivity index (χ0n) is 19.2. The smallest absolute Gasteiger partial charge is 0.223 e. The molecule has 1 unspecified atom stereocenters. The van der Waals surface area contributed by atoms with Crippen molar-refractivity contribution in [1.29, 1.82) is 10.5 Å². The van der Waals surface area contributed by atoms with Crippen LogP contribution in [-0.2, 0) is 5.66 Å². The van der Waals surface area contributed by atoms with Gasteiger partial charge in [-0.3, -0.25) is 4.99 Å². The number of nitrogens with zero attached hydrogens (tertiary/aromatic N) is 4. The maximum absolute atomic E-state index is 14.5. The van der Waals surface area contributed by atoms with E-state index in [0.29, 0.717) is 28.6 Å². The second-order valence-electron chi connectivity index (χ2n) is 8.26. The van der Waals surface area contributed by atoms with Crippen molar-refractivity contribution < 1.29 is 9.13 Å². The van der Waals surface area contributed by atoms with Gasteiger partial charge in [0.25, 0.3) is 0 Å². The lowest BCUT2D eigenvalue weighted by atomic mass is 9.71. The van der Waals surface area contributed by atoms with Crippen LogP contribution in [0.5, 0.6) is 11.5 Å². The summed E-state index contributed by atoms with van der Waals surface area (Å²) < 4.78 is 21.1. The van der Waals surface area contributed by atoms with Crippen molar-refractivity contribution in [3.05, 3.63) is 107 Å². The second kappa shape index (κ2) is 9.73. The number of ether oxygens (including phenoxy) is 1. The molecule has 0 saturated heterocycles. The maximum Gasteiger partial charge on any atom is 0.223 e. The lowest BCUT2D eigenvalue weighted by molar-refractivity contribution is 0.420. The largest absolute Gasteiger partial charge is 0.457 e. The molecule has 1 aliphatic rings. The number of anilines is 2. The molecule has 0 aliphatic carbocycles. The molecule has 1 aliphatic heterocycles. The number of nitrogens with one attached hydrogen (secondary N) is 2. The van der Waals surface area contributed by atoms with Crippen LogP contribution in [-0.4, -0.2) is 11.2 Å². The van der Waals surface area contributed by atoms with Gasteiger partial charge in [-0.2, -0.15) is 14.9 Å². The Morgan fingerprint density at radius 3 is 2.24 bits per heavy atom. The molecule has 0 radical (unpaired) electrons. The van der Waals surface area contributed by atoms with Crippen molar-refractivity contribution >= 4 is 39.2 Å². The predicted molar refractivity (Wildman–Crippen MR) is 142 cm³/mol. The number of aromatic nitrogens is 1. The highest BCUT2D eigenvalue weighted by Crippen LogP contribution is 2.48. The van der Waals surface area contributed by atoms with Gasteiger partial charge in [0.05, 0.1) is 24.0 Å². The fourth-order valence-electron chi connectivity index (χ4n) is 4.15. The first-order valence-electron chi connectivity index (χ1n) is 11.2. The summed E-state index contributed by atoms with van der Waals surface area (Å²) in [6.07, 6.45) is 2.54. The van der Waals surface area contributed by atoms with Crippen LogP contribution in [0.15, 0.2) is 101 Å². The summed E-state index contributed by atoms with van der Waals surface area (Å²) in [5.41, 5.74) is -1.79. The number of para-hydroxylation sites is 1. The molecule has 1 atom stereocenters. The molecule has 9 heteroatoms. The van der Waals surface area contributed by atoms with Crippen LogP contribution < -0.4 is 15.4 Å². The van der Waals surface area contributed by atoms with E-state index in [-0.39, 0.29) is 5.56 Å². The van der Waals surface area contributed by atoms with Gasteiger partial charge in [-0.1, -0.05) is 40.2 Å². The number of fused-ring (bicyclic) bond motifs is 1. The fourth-order valence-corrected chi connectivity index (χ4v) is 4.54. The molecule has 0 bridgehead atoms. The molecule has 7 nitrogen and oxygen atoms in total. The Morgan fingerprint density at radius 1 is 0.838 bits per heavy atom. The highest BCUT2D eigenvalue weighted by Gasteiger charge is 2.57. The van der Waals surface area contributed by atoms with Gasteiger partial charge >= 0.3 is 0 Å². The van der Waals surface area contributed by atoms with E-state index in [1.807, 2.05) is 36.4 Å². The molecule has 2 heterocycles. The van der Waals surface area contributed by atoms with Crippen molar-refractivity contribution in [2.24, 2.45) is 10.4 Å². The van der Waals surface area contributed by atoms with Gasteiger partial charge < -0.3 is 15.4 Å². The third-order valence-electron chi connectivity index (χ3n) is 5.92. The zero-order chi connectivity index (χ0) is 25.9. The second-order valence-corrected chi connectivity index (χ2v) is 9.18. The minimum absolute atomic E-state index is 0.259. The van der Waals surface area contributed by atoms with Crippen LogP contribution in [0.25, 0.3) is 0 Å². The van der Waals surface area contributed by atoms with E-state index in [9.17, 15) is 14.9 Å². The highest BCUT2D eigenvalue weighted by molar-refractivity contribution is 9.10. The molecule has 0 fully saturated rings. The minimum Gasteiger partial charge on any atom is -0.457 e. The zero-order valence-corrected chi connectivity index (χ0v) is 20.8. The molecular formula is C28H18BrFN6O. The average Bonchev–Trinajstić information content (AvgIpc) is 2.91. The number of hydrogen-bond acceptors (Lipinski definition) is 7. The van der Waals surface area contributed by atoms with E-state index < -0.39 is 17.0 Å². The summed E-state index contributed by atoms with van der Waals surface area (Å²) in [5.74, 6) is 0.511. The number of nitriles is 2. The van der Waals surface area contributed by atoms with Crippen LogP contribution in [0, 0.1) is 34.0 Å². The van der Waals surface area contributed by atoms with Gasteiger partial charge in [0.15, 0.2) is 5.66 Å². The third kappa shape index (κ3) is 4.49. The van der Waals surface area contributed by atoms with Gasteiger partial charge in [-0.15, -0.1) is 0 Å². The topological polar surface area (TPSA) is 106 Å². The van der Waals surface area contributed by atoms with Crippen LogP contribution >= 0.6 is 15.9 Å². The lowest BCUT2D eigenvalue weighted by Gasteiger charge is -2.45. The van der Waals surface area contributed by atoms with E-state index in [1.165, 1.54) is 18.5 Å². The SMILES string of the molecule is N#CC1(C#N)C=Nc2cnc(F)cc2C1(Nc1ccc(Oc2ccccc2)cc1)Nc1cccc(Br)c1. The van der Waals surface area contributed by atoms with Gasteiger partial charge in [-0.25, -0.2) is 4.98 Å². The van der Waals surface area contributed by atoms with Gasteiger partial charge in [0.1, 0.15) is 11.5 Å².